The first-order chi connectivity index (χ1) is 9.69. The monoisotopic (exact) mass is 272 g/mol. The van der Waals surface area contributed by atoms with E-state index in [1.165, 1.54) is 11.3 Å². The van der Waals surface area contributed by atoms with Crippen LogP contribution in [0.2, 0.25) is 0 Å². The Hall–Kier alpha value is -1.68. The summed E-state index contributed by atoms with van der Waals surface area (Å²) in [6, 6.07) is 6.57. The van der Waals surface area contributed by atoms with Crippen LogP contribution in [0.1, 0.15) is 42.5 Å². The summed E-state index contributed by atoms with van der Waals surface area (Å²) in [5.74, 6) is 0. The van der Waals surface area contributed by atoms with E-state index in [1.807, 2.05) is 26.2 Å². The first kappa shape index (κ1) is 14.7. The van der Waals surface area contributed by atoms with Crippen LogP contribution in [-0.2, 0) is 19.4 Å². The highest BCUT2D eigenvalue weighted by atomic mass is 15.3. The van der Waals surface area contributed by atoms with Crippen molar-refractivity contribution in [1.29, 1.82) is 0 Å². The molecule has 108 valence electrons. The molecule has 1 N–H and O–H groups in total. The van der Waals surface area contributed by atoms with Crippen molar-refractivity contribution < 1.29 is 0 Å². The fourth-order valence-corrected chi connectivity index (χ4v) is 2.65. The van der Waals surface area contributed by atoms with Crippen molar-refractivity contribution in [1.82, 2.24) is 20.1 Å². The smallest absolute Gasteiger partial charge is 0.0608 e. The first-order valence-electron chi connectivity index (χ1n) is 7.33. The van der Waals surface area contributed by atoms with Crippen molar-refractivity contribution in [3.05, 3.63) is 47.0 Å². The minimum Gasteiger partial charge on any atom is -0.311 e. The molecular weight excluding hydrogens is 248 g/mol. The summed E-state index contributed by atoms with van der Waals surface area (Å²) in [5.41, 5.74) is 4.80. The highest BCUT2D eigenvalue weighted by molar-refractivity contribution is 5.24. The molecule has 0 amide bonds. The molecule has 0 aliphatic rings. The van der Waals surface area contributed by atoms with Gasteiger partial charge in [-0.25, -0.2) is 0 Å². The van der Waals surface area contributed by atoms with Crippen molar-refractivity contribution in [2.45, 2.75) is 46.2 Å². The largest absolute Gasteiger partial charge is 0.311 e. The lowest BCUT2D eigenvalue weighted by atomic mass is 10.0. The lowest BCUT2D eigenvalue weighted by Gasteiger charge is -2.19. The number of likely N-dealkylation sites (N-methyl/N-ethyl adjacent to an activating group) is 1. The molecule has 0 radical (unpaired) electrons. The number of aromatic nitrogens is 3. The fraction of sp³-hybridized carbons (Fsp3) is 0.500. The van der Waals surface area contributed by atoms with E-state index in [4.69, 9.17) is 0 Å². The highest BCUT2D eigenvalue weighted by Crippen LogP contribution is 2.20. The molecule has 4 heteroatoms. The maximum Gasteiger partial charge on any atom is 0.0608 e. The molecule has 0 saturated carbocycles. The minimum atomic E-state index is 0.229. The van der Waals surface area contributed by atoms with E-state index in [-0.39, 0.29) is 6.04 Å². The molecule has 0 aromatic carbocycles. The van der Waals surface area contributed by atoms with Gasteiger partial charge in [-0.3, -0.25) is 9.67 Å². The Labute approximate surface area is 121 Å². The van der Waals surface area contributed by atoms with Gasteiger partial charge in [0.2, 0.25) is 0 Å². The third kappa shape index (κ3) is 3.07. The van der Waals surface area contributed by atoms with Crippen molar-refractivity contribution >= 4 is 0 Å². The Morgan fingerprint density at radius 1 is 1.35 bits per heavy atom. The van der Waals surface area contributed by atoms with Gasteiger partial charge in [-0.2, -0.15) is 5.10 Å². The third-order valence-electron chi connectivity index (χ3n) is 3.68. The van der Waals surface area contributed by atoms with Crippen molar-refractivity contribution in [3.63, 3.8) is 0 Å². The maximum atomic E-state index is 4.59. The molecule has 0 saturated heterocycles. The second-order valence-electron chi connectivity index (χ2n) is 5.04. The number of rotatable bonds is 6. The van der Waals surface area contributed by atoms with Crippen LogP contribution >= 0.6 is 0 Å². The Kier molecular flexibility index (Phi) is 4.90. The summed E-state index contributed by atoms with van der Waals surface area (Å²) in [6.45, 7) is 7.25. The van der Waals surface area contributed by atoms with E-state index in [1.54, 1.807) is 0 Å². The minimum absolute atomic E-state index is 0.229. The van der Waals surface area contributed by atoms with E-state index < -0.39 is 0 Å². The zero-order chi connectivity index (χ0) is 14.5. The van der Waals surface area contributed by atoms with Gasteiger partial charge >= 0.3 is 0 Å². The number of pyridine rings is 1. The molecule has 0 aliphatic heterocycles. The van der Waals surface area contributed by atoms with E-state index in [9.17, 15) is 0 Å². The zero-order valence-electron chi connectivity index (χ0n) is 12.8. The second-order valence-corrected chi connectivity index (χ2v) is 5.04. The van der Waals surface area contributed by atoms with Gasteiger partial charge < -0.3 is 5.32 Å². The predicted octanol–water partition coefficient (Wildman–Crippen LogP) is 2.67. The zero-order valence-corrected chi connectivity index (χ0v) is 12.8. The number of nitrogens with one attached hydrogen (secondary N) is 1. The van der Waals surface area contributed by atoms with Gasteiger partial charge in [-0.15, -0.1) is 0 Å². The molecule has 0 fully saturated rings. The summed E-state index contributed by atoms with van der Waals surface area (Å²) in [4.78, 5) is 4.59. The predicted molar refractivity (Wildman–Crippen MR) is 81.8 cm³/mol. The molecule has 2 aromatic heterocycles. The van der Waals surface area contributed by atoms with Gasteiger partial charge in [0.15, 0.2) is 0 Å². The molecule has 1 atom stereocenters. The Balaban J connectivity index is 2.28. The molecule has 0 bridgehead atoms. The summed E-state index contributed by atoms with van der Waals surface area (Å²) in [5, 5.41) is 7.92. The normalized spacial score (nSPS) is 12.6. The van der Waals surface area contributed by atoms with Crippen molar-refractivity contribution in [2.24, 2.45) is 0 Å². The van der Waals surface area contributed by atoms with E-state index in [0.717, 1.165) is 30.8 Å². The average molecular weight is 272 g/mol. The summed E-state index contributed by atoms with van der Waals surface area (Å²) < 4.78 is 2.08. The SMILES string of the molecule is CCc1cccnc1C(Cc1cc(C)nn1CC)NC. The van der Waals surface area contributed by atoms with Crippen LogP contribution in [0.5, 0.6) is 0 Å². The number of aryl methyl sites for hydroxylation is 3. The maximum absolute atomic E-state index is 4.59. The standard InChI is InChI=1S/C16H24N4/c1-5-13-8-7-9-18-16(13)15(17-4)11-14-10-12(3)19-20(14)6-2/h7-10,15,17H,5-6,11H2,1-4H3. The van der Waals surface area contributed by atoms with Gasteiger partial charge in [-0.05, 0) is 45.0 Å². The Bertz CT molecular complexity index is 559. The van der Waals surface area contributed by atoms with Crippen LogP contribution in [0.15, 0.2) is 24.4 Å². The quantitative estimate of drug-likeness (QED) is 0.879. The number of nitrogens with zero attached hydrogens (tertiary/aromatic N) is 3. The third-order valence-corrected chi connectivity index (χ3v) is 3.68. The molecule has 2 rings (SSSR count). The van der Waals surface area contributed by atoms with Gasteiger partial charge in [0.1, 0.15) is 0 Å². The molecular formula is C16H24N4. The van der Waals surface area contributed by atoms with Crippen LogP contribution in [0.3, 0.4) is 0 Å². The van der Waals surface area contributed by atoms with E-state index in [2.05, 4.69) is 46.1 Å². The summed E-state index contributed by atoms with van der Waals surface area (Å²) >= 11 is 0. The van der Waals surface area contributed by atoms with Crippen LogP contribution in [0.4, 0.5) is 0 Å². The summed E-state index contributed by atoms with van der Waals surface area (Å²) in [6.07, 6.45) is 3.80. The molecule has 0 aliphatic carbocycles. The topological polar surface area (TPSA) is 42.7 Å². The molecule has 4 nitrogen and oxygen atoms in total. The lowest BCUT2D eigenvalue weighted by Crippen LogP contribution is -2.23. The van der Waals surface area contributed by atoms with Gasteiger partial charge in [0.25, 0.3) is 0 Å². The number of hydrogen-bond acceptors (Lipinski definition) is 3. The van der Waals surface area contributed by atoms with E-state index >= 15 is 0 Å². The van der Waals surface area contributed by atoms with Crippen molar-refractivity contribution in [3.8, 4) is 0 Å². The van der Waals surface area contributed by atoms with Gasteiger partial charge in [0, 0.05) is 24.9 Å². The molecule has 2 heterocycles. The van der Waals surface area contributed by atoms with Crippen LogP contribution < -0.4 is 5.32 Å². The van der Waals surface area contributed by atoms with Crippen molar-refractivity contribution in [2.75, 3.05) is 7.05 Å². The number of hydrogen-bond donors (Lipinski definition) is 1. The molecule has 1 unspecified atom stereocenters. The highest BCUT2D eigenvalue weighted by Gasteiger charge is 2.17. The van der Waals surface area contributed by atoms with E-state index in [0.29, 0.717) is 0 Å². The average Bonchev–Trinajstić information content (AvgIpc) is 2.84. The van der Waals surface area contributed by atoms with Gasteiger partial charge in [0.05, 0.1) is 17.4 Å². The van der Waals surface area contributed by atoms with Crippen LogP contribution in [0, 0.1) is 6.92 Å². The first-order valence-corrected chi connectivity index (χ1v) is 7.33. The Morgan fingerprint density at radius 3 is 2.80 bits per heavy atom. The second kappa shape index (κ2) is 6.66. The summed E-state index contributed by atoms with van der Waals surface area (Å²) in [7, 11) is 2.00. The molecule has 2 aromatic rings. The van der Waals surface area contributed by atoms with Crippen LogP contribution in [0.25, 0.3) is 0 Å². The fourth-order valence-electron chi connectivity index (χ4n) is 2.65. The Morgan fingerprint density at radius 2 is 2.15 bits per heavy atom. The van der Waals surface area contributed by atoms with Crippen LogP contribution in [-0.4, -0.2) is 21.8 Å². The van der Waals surface area contributed by atoms with Gasteiger partial charge in [-0.1, -0.05) is 13.0 Å². The molecule has 0 spiro atoms. The lowest BCUT2D eigenvalue weighted by molar-refractivity contribution is 0.528. The molecule has 20 heavy (non-hydrogen) atoms.